The quantitative estimate of drug-likeness (QED) is 0.869. The van der Waals surface area contributed by atoms with Crippen molar-refractivity contribution in [3.8, 4) is 0 Å². The van der Waals surface area contributed by atoms with E-state index >= 15 is 0 Å². The summed E-state index contributed by atoms with van der Waals surface area (Å²) in [4.78, 5) is 15.6. The summed E-state index contributed by atoms with van der Waals surface area (Å²) in [5.74, 6) is -0.0941. The van der Waals surface area contributed by atoms with Gasteiger partial charge in [-0.15, -0.1) is 12.4 Å². The third-order valence-electron chi connectivity index (χ3n) is 3.95. The van der Waals surface area contributed by atoms with E-state index in [1.54, 1.807) is 11.0 Å². The van der Waals surface area contributed by atoms with Crippen molar-refractivity contribution in [3.05, 3.63) is 35.4 Å². The van der Waals surface area contributed by atoms with Crippen LogP contribution >= 0.6 is 12.4 Å². The van der Waals surface area contributed by atoms with Gasteiger partial charge < -0.3 is 10.2 Å². The Bertz CT molecular complexity index is 532. The number of carbonyl (C=O) groups excluding carboxylic acids is 1. The summed E-state index contributed by atoms with van der Waals surface area (Å²) in [7, 11) is 1.85. The summed E-state index contributed by atoms with van der Waals surface area (Å²) in [5.41, 5.74) is 1.61. The highest BCUT2D eigenvalue weighted by atomic mass is 35.5. The molecule has 1 aliphatic heterocycles. The molecule has 0 radical (unpaired) electrons. The highest BCUT2D eigenvalue weighted by molar-refractivity contribution is 5.95. The monoisotopic (exact) mass is 365 g/mol. The number of likely N-dealkylation sites (N-methyl/N-ethyl adjacent to an activating group) is 1. The highest BCUT2D eigenvalue weighted by Gasteiger charge is 2.33. The van der Waals surface area contributed by atoms with Crippen LogP contribution in [0.5, 0.6) is 0 Å². The van der Waals surface area contributed by atoms with E-state index in [1.165, 1.54) is 4.90 Å². The molecule has 1 amide bonds. The Balaban J connectivity index is 0.00000288. The van der Waals surface area contributed by atoms with Crippen molar-refractivity contribution in [2.45, 2.75) is 12.6 Å². The fourth-order valence-corrected chi connectivity index (χ4v) is 2.74. The maximum atomic E-state index is 12.6. The van der Waals surface area contributed by atoms with Gasteiger partial charge in [-0.05, 0) is 31.6 Å². The van der Waals surface area contributed by atoms with Crippen LogP contribution in [0.25, 0.3) is 0 Å². The number of alkyl halides is 3. The first-order chi connectivity index (χ1) is 10.9. The molecule has 1 aliphatic rings. The molecule has 1 heterocycles. The smallest absolute Gasteiger partial charge is 0.336 e. The molecule has 0 atom stereocenters. The molecule has 1 aromatic rings. The number of nitrogens with one attached hydrogen (secondary N) is 1. The Morgan fingerprint density at radius 3 is 2.38 bits per heavy atom. The van der Waals surface area contributed by atoms with Gasteiger partial charge in [0.2, 0.25) is 0 Å². The standard InChI is InChI=1S/C16H22F3N3O.ClH/c1-20-7-6-13-4-2-3-5-14(13)15(23)22-10-8-21(9-11-22)12-16(17,18)19;/h2-5,20H,6-12H2,1H3;1H. The lowest BCUT2D eigenvalue weighted by atomic mass is 10.0. The van der Waals surface area contributed by atoms with Crippen LogP contribution in [-0.2, 0) is 6.42 Å². The zero-order valence-corrected chi connectivity index (χ0v) is 14.4. The number of piperazine rings is 1. The van der Waals surface area contributed by atoms with Crippen LogP contribution < -0.4 is 5.32 Å². The Morgan fingerprint density at radius 2 is 1.79 bits per heavy atom. The van der Waals surface area contributed by atoms with Crippen molar-refractivity contribution in [2.75, 3.05) is 46.3 Å². The number of amides is 1. The van der Waals surface area contributed by atoms with Gasteiger partial charge in [0.05, 0.1) is 6.54 Å². The summed E-state index contributed by atoms with van der Waals surface area (Å²) in [5, 5.41) is 3.05. The van der Waals surface area contributed by atoms with Crippen LogP contribution in [0.4, 0.5) is 13.2 Å². The van der Waals surface area contributed by atoms with E-state index in [9.17, 15) is 18.0 Å². The second-order valence-corrected chi connectivity index (χ2v) is 5.69. The molecule has 136 valence electrons. The van der Waals surface area contributed by atoms with Crippen LogP contribution in [0, 0.1) is 0 Å². The van der Waals surface area contributed by atoms with Crippen LogP contribution in [0.2, 0.25) is 0 Å². The molecule has 1 N–H and O–H groups in total. The fraction of sp³-hybridized carbons (Fsp3) is 0.562. The van der Waals surface area contributed by atoms with E-state index in [0.717, 1.165) is 18.5 Å². The van der Waals surface area contributed by atoms with Crippen LogP contribution in [-0.4, -0.2) is 68.2 Å². The van der Waals surface area contributed by atoms with Crippen LogP contribution in [0.1, 0.15) is 15.9 Å². The number of benzene rings is 1. The summed E-state index contributed by atoms with van der Waals surface area (Å²) >= 11 is 0. The van der Waals surface area contributed by atoms with E-state index in [-0.39, 0.29) is 31.4 Å². The molecule has 1 fully saturated rings. The summed E-state index contributed by atoms with van der Waals surface area (Å²) in [6.45, 7) is 1.02. The highest BCUT2D eigenvalue weighted by Crippen LogP contribution is 2.19. The van der Waals surface area contributed by atoms with Gasteiger partial charge in [-0.2, -0.15) is 13.2 Å². The molecule has 0 spiro atoms. The van der Waals surface area contributed by atoms with E-state index < -0.39 is 12.7 Å². The fourth-order valence-electron chi connectivity index (χ4n) is 2.74. The van der Waals surface area contributed by atoms with Crippen molar-refractivity contribution in [2.24, 2.45) is 0 Å². The lowest BCUT2D eigenvalue weighted by Crippen LogP contribution is -2.51. The number of hydrogen-bond donors (Lipinski definition) is 1. The van der Waals surface area contributed by atoms with E-state index in [4.69, 9.17) is 0 Å². The third-order valence-corrected chi connectivity index (χ3v) is 3.95. The SMILES string of the molecule is CNCCc1ccccc1C(=O)N1CCN(CC(F)(F)F)CC1.Cl. The second-order valence-electron chi connectivity index (χ2n) is 5.69. The number of nitrogens with zero attached hydrogens (tertiary/aromatic N) is 2. The minimum atomic E-state index is -4.19. The summed E-state index contributed by atoms with van der Waals surface area (Å²) in [6.07, 6.45) is -3.45. The molecule has 0 unspecified atom stereocenters. The molecule has 0 bridgehead atoms. The number of carbonyl (C=O) groups is 1. The molecule has 4 nitrogen and oxygen atoms in total. The first kappa shape index (κ1) is 20.7. The predicted molar refractivity (Wildman–Crippen MR) is 89.7 cm³/mol. The lowest BCUT2D eigenvalue weighted by molar-refractivity contribution is -0.148. The molecule has 1 aromatic carbocycles. The maximum Gasteiger partial charge on any atom is 0.401 e. The Kier molecular flexibility index (Phi) is 7.99. The molecule has 0 aliphatic carbocycles. The lowest BCUT2D eigenvalue weighted by Gasteiger charge is -2.35. The number of hydrogen-bond acceptors (Lipinski definition) is 3. The molecular formula is C16H23ClF3N3O. The first-order valence-electron chi connectivity index (χ1n) is 7.71. The minimum absolute atomic E-state index is 0. The van der Waals surface area contributed by atoms with Crippen molar-refractivity contribution >= 4 is 18.3 Å². The number of halogens is 4. The topological polar surface area (TPSA) is 35.6 Å². The zero-order chi connectivity index (χ0) is 16.9. The Labute approximate surface area is 146 Å². The third kappa shape index (κ3) is 5.96. The van der Waals surface area contributed by atoms with Gasteiger partial charge in [0.15, 0.2) is 0 Å². The zero-order valence-electron chi connectivity index (χ0n) is 13.6. The van der Waals surface area contributed by atoms with E-state index in [0.29, 0.717) is 18.7 Å². The molecule has 2 rings (SSSR count). The molecule has 0 aromatic heterocycles. The van der Waals surface area contributed by atoms with Crippen LogP contribution in [0.3, 0.4) is 0 Å². The Morgan fingerprint density at radius 1 is 1.17 bits per heavy atom. The van der Waals surface area contributed by atoms with E-state index in [1.807, 2.05) is 25.2 Å². The second kappa shape index (κ2) is 9.25. The minimum Gasteiger partial charge on any atom is -0.336 e. The van der Waals surface area contributed by atoms with Gasteiger partial charge in [0, 0.05) is 31.7 Å². The van der Waals surface area contributed by atoms with E-state index in [2.05, 4.69) is 5.32 Å². The largest absolute Gasteiger partial charge is 0.401 e. The van der Waals surface area contributed by atoms with Gasteiger partial charge in [-0.25, -0.2) is 0 Å². The van der Waals surface area contributed by atoms with Crippen LogP contribution in [0.15, 0.2) is 24.3 Å². The van der Waals surface area contributed by atoms with Gasteiger partial charge in [0.25, 0.3) is 5.91 Å². The number of rotatable bonds is 5. The van der Waals surface area contributed by atoms with Crippen molar-refractivity contribution in [3.63, 3.8) is 0 Å². The molecule has 0 saturated carbocycles. The normalized spacial score (nSPS) is 15.9. The van der Waals surface area contributed by atoms with Crippen molar-refractivity contribution in [1.29, 1.82) is 0 Å². The van der Waals surface area contributed by atoms with Gasteiger partial charge >= 0.3 is 6.18 Å². The average molecular weight is 366 g/mol. The van der Waals surface area contributed by atoms with Gasteiger partial charge in [0.1, 0.15) is 0 Å². The molecular weight excluding hydrogens is 343 g/mol. The molecule has 24 heavy (non-hydrogen) atoms. The van der Waals surface area contributed by atoms with Crippen molar-refractivity contribution < 1.29 is 18.0 Å². The van der Waals surface area contributed by atoms with Crippen molar-refractivity contribution in [1.82, 2.24) is 15.1 Å². The van der Waals surface area contributed by atoms with Gasteiger partial charge in [-0.3, -0.25) is 9.69 Å². The maximum absolute atomic E-state index is 12.6. The first-order valence-corrected chi connectivity index (χ1v) is 7.71. The molecule has 1 saturated heterocycles. The van der Waals surface area contributed by atoms with Gasteiger partial charge in [-0.1, -0.05) is 18.2 Å². The predicted octanol–water partition coefficient (Wildman–Crippen LogP) is 2.19. The Hall–Kier alpha value is -1.31. The average Bonchev–Trinajstić information content (AvgIpc) is 2.52. The summed E-state index contributed by atoms with van der Waals surface area (Å²) in [6, 6.07) is 7.42. The molecule has 8 heteroatoms. The summed E-state index contributed by atoms with van der Waals surface area (Å²) < 4.78 is 37.2.